The maximum atomic E-state index is 12.9. The molecule has 1 heterocycles. The van der Waals surface area contributed by atoms with E-state index in [1.165, 1.54) is 12.1 Å². The molecule has 2 aromatic rings. The number of aromatic nitrogens is 3. The second-order valence-corrected chi connectivity index (χ2v) is 5.43. The van der Waals surface area contributed by atoms with Crippen LogP contribution in [0.15, 0.2) is 30.5 Å². The zero-order chi connectivity index (χ0) is 16.5. The van der Waals surface area contributed by atoms with Gasteiger partial charge in [0.2, 0.25) is 5.95 Å². The minimum Gasteiger partial charge on any atom is -0.355 e. The fourth-order valence-corrected chi connectivity index (χ4v) is 2.37. The molecule has 0 atom stereocenters. The Hall–Kier alpha value is -2.24. The minimum atomic E-state index is -0.214. The Morgan fingerprint density at radius 2 is 1.78 bits per heavy atom. The van der Waals surface area contributed by atoms with Crippen molar-refractivity contribution in [3.8, 4) is 0 Å². The number of nitrogens with zero attached hydrogens (tertiary/aromatic N) is 4. The maximum Gasteiger partial charge on any atom is 0.244 e. The quantitative estimate of drug-likeness (QED) is 0.769. The van der Waals surface area contributed by atoms with Crippen LogP contribution in [0.4, 0.5) is 16.2 Å². The van der Waals surface area contributed by atoms with Crippen molar-refractivity contribution in [1.82, 2.24) is 15.2 Å². The summed E-state index contributed by atoms with van der Waals surface area (Å²) in [6, 6.07) is 6.52. The highest BCUT2D eigenvalue weighted by Crippen LogP contribution is 2.12. The minimum absolute atomic E-state index is 0.214. The predicted octanol–water partition coefficient (Wildman–Crippen LogP) is 3.29. The Kier molecular flexibility index (Phi) is 6.72. The van der Waals surface area contributed by atoms with Gasteiger partial charge in [-0.15, -0.1) is 5.10 Å². The van der Waals surface area contributed by atoms with Crippen molar-refractivity contribution in [3.63, 3.8) is 0 Å². The number of hydrogen-bond acceptors (Lipinski definition) is 5. The molecule has 0 saturated heterocycles. The van der Waals surface area contributed by atoms with Crippen LogP contribution in [0.5, 0.6) is 0 Å². The lowest BCUT2D eigenvalue weighted by atomic mass is 10.1. The van der Waals surface area contributed by atoms with Gasteiger partial charge >= 0.3 is 0 Å². The van der Waals surface area contributed by atoms with Gasteiger partial charge in [0.25, 0.3) is 0 Å². The summed E-state index contributed by atoms with van der Waals surface area (Å²) >= 11 is 0. The monoisotopic (exact) mass is 317 g/mol. The molecule has 0 aliphatic rings. The van der Waals surface area contributed by atoms with Gasteiger partial charge in [-0.25, -0.2) is 4.39 Å². The van der Waals surface area contributed by atoms with Gasteiger partial charge in [-0.2, -0.15) is 10.1 Å². The van der Waals surface area contributed by atoms with Crippen LogP contribution in [0.2, 0.25) is 0 Å². The van der Waals surface area contributed by atoms with E-state index in [9.17, 15) is 4.39 Å². The summed E-state index contributed by atoms with van der Waals surface area (Å²) in [4.78, 5) is 6.76. The van der Waals surface area contributed by atoms with Gasteiger partial charge in [0.15, 0.2) is 5.82 Å². The summed E-state index contributed by atoms with van der Waals surface area (Å²) in [7, 11) is 0. The Labute approximate surface area is 137 Å². The second-order valence-electron chi connectivity index (χ2n) is 5.43. The molecule has 0 saturated carbocycles. The third-order valence-corrected chi connectivity index (χ3v) is 3.47. The SMILES string of the molecule is CCCN(CCC)c1cnnc(NCCc2ccc(F)cc2)n1. The maximum absolute atomic E-state index is 12.9. The Morgan fingerprint density at radius 3 is 2.43 bits per heavy atom. The fraction of sp³-hybridized carbons (Fsp3) is 0.471. The molecular weight excluding hydrogens is 293 g/mol. The molecule has 6 heteroatoms. The van der Waals surface area contributed by atoms with Crippen LogP contribution in [0, 0.1) is 5.82 Å². The summed E-state index contributed by atoms with van der Waals surface area (Å²) < 4.78 is 12.9. The third-order valence-electron chi connectivity index (χ3n) is 3.47. The van der Waals surface area contributed by atoms with E-state index in [1.807, 2.05) is 0 Å². The van der Waals surface area contributed by atoms with Crippen molar-refractivity contribution in [2.24, 2.45) is 0 Å². The highest BCUT2D eigenvalue weighted by Gasteiger charge is 2.08. The summed E-state index contributed by atoms with van der Waals surface area (Å²) in [5, 5.41) is 11.3. The molecule has 0 spiro atoms. The summed E-state index contributed by atoms with van der Waals surface area (Å²) in [5.74, 6) is 1.17. The van der Waals surface area contributed by atoms with E-state index in [4.69, 9.17) is 0 Å². The zero-order valence-electron chi connectivity index (χ0n) is 13.8. The molecule has 2 rings (SSSR count). The number of halogens is 1. The zero-order valence-corrected chi connectivity index (χ0v) is 13.8. The van der Waals surface area contributed by atoms with E-state index in [1.54, 1.807) is 18.3 Å². The Balaban J connectivity index is 1.92. The van der Waals surface area contributed by atoms with Gasteiger partial charge in [-0.3, -0.25) is 0 Å². The summed E-state index contributed by atoms with van der Waals surface area (Å²) in [6.45, 7) is 6.90. The highest BCUT2D eigenvalue weighted by molar-refractivity contribution is 5.40. The van der Waals surface area contributed by atoms with Crippen molar-refractivity contribution in [1.29, 1.82) is 0 Å². The molecule has 0 fully saturated rings. The molecule has 5 nitrogen and oxygen atoms in total. The van der Waals surface area contributed by atoms with Crippen LogP contribution < -0.4 is 10.2 Å². The molecule has 0 unspecified atom stereocenters. The average Bonchev–Trinajstić information content (AvgIpc) is 2.57. The molecule has 0 radical (unpaired) electrons. The van der Waals surface area contributed by atoms with E-state index >= 15 is 0 Å². The Morgan fingerprint density at radius 1 is 1.09 bits per heavy atom. The molecule has 0 amide bonds. The highest BCUT2D eigenvalue weighted by atomic mass is 19.1. The largest absolute Gasteiger partial charge is 0.355 e. The lowest BCUT2D eigenvalue weighted by Crippen LogP contribution is -2.26. The van der Waals surface area contributed by atoms with Crippen LogP contribution in [0.1, 0.15) is 32.3 Å². The van der Waals surface area contributed by atoms with Crippen molar-refractivity contribution in [3.05, 3.63) is 41.8 Å². The van der Waals surface area contributed by atoms with Gasteiger partial charge in [-0.05, 0) is 37.0 Å². The molecule has 124 valence electrons. The first-order valence-electron chi connectivity index (χ1n) is 8.16. The van der Waals surface area contributed by atoms with Crippen LogP contribution in [0.25, 0.3) is 0 Å². The van der Waals surface area contributed by atoms with E-state index in [0.29, 0.717) is 12.5 Å². The number of anilines is 2. The molecule has 23 heavy (non-hydrogen) atoms. The standard InChI is InChI=1S/C17H24FN5/c1-3-11-23(12-4-2)16-13-20-22-17(21-16)19-10-9-14-5-7-15(18)8-6-14/h5-8,13H,3-4,9-12H2,1-2H3,(H,19,21,22). The van der Waals surface area contributed by atoms with Crippen LogP contribution in [0.3, 0.4) is 0 Å². The molecule has 0 bridgehead atoms. The van der Waals surface area contributed by atoms with Gasteiger partial charge in [0.1, 0.15) is 5.82 Å². The lowest BCUT2D eigenvalue weighted by Gasteiger charge is -2.22. The number of benzene rings is 1. The van der Waals surface area contributed by atoms with Gasteiger partial charge in [0, 0.05) is 19.6 Å². The number of rotatable bonds is 9. The average molecular weight is 317 g/mol. The molecule has 1 aromatic heterocycles. The van der Waals surface area contributed by atoms with E-state index in [-0.39, 0.29) is 5.82 Å². The molecule has 1 N–H and O–H groups in total. The van der Waals surface area contributed by atoms with Crippen molar-refractivity contribution in [2.45, 2.75) is 33.1 Å². The van der Waals surface area contributed by atoms with Crippen molar-refractivity contribution in [2.75, 3.05) is 29.9 Å². The van der Waals surface area contributed by atoms with Gasteiger partial charge in [-0.1, -0.05) is 26.0 Å². The van der Waals surface area contributed by atoms with Crippen molar-refractivity contribution < 1.29 is 4.39 Å². The fourth-order valence-electron chi connectivity index (χ4n) is 2.37. The number of hydrogen-bond donors (Lipinski definition) is 1. The van der Waals surface area contributed by atoms with Crippen molar-refractivity contribution >= 4 is 11.8 Å². The normalized spacial score (nSPS) is 10.6. The van der Waals surface area contributed by atoms with Gasteiger partial charge in [0.05, 0.1) is 6.20 Å². The van der Waals surface area contributed by atoms with E-state index in [0.717, 1.165) is 43.7 Å². The van der Waals surface area contributed by atoms with Gasteiger partial charge < -0.3 is 10.2 Å². The van der Waals surface area contributed by atoms with Crippen LogP contribution in [-0.2, 0) is 6.42 Å². The van der Waals surface area contributed by atoms with E-state index in [2.05, 4.69) is 39.2 Å². The van der Waals surface area contributed by atoms with E-state index < -0.39 is 0 Å². The molecule has 0 aliphatic carbocycles. The first kappa shape index (κ1) is 17.1. The predicted molar refractivity (Wildman–Crippen MR) is 91.2 cm³/mol. The Bertz CT molecular complexity index is 582. The topological polar surface area (TPSA) is 53.9 Å². The third kappa shape index (κ3) is 5.47. The lowest BCUT2D eigenvalue weighted by molar-refractivity contribution is 0.627. The molecule has 0 aliphatic heterocycles. The van der Waals surface area contributed by atoms with Crippen LogP contribution >= 0.6 is 0 Å². The van der Waals surface area contributed by atoms with Crippen LogP contribution in [-0.4, -0.2) is 34.8 Å². The molecular formula is C17H24FN5. The molecule has 1 aromatic carbocycles. The first-order valence-corrected chi connectivity index (χ1v) is 8.16. The summed E-state index contributed by atoms with van der Waals surface area (Å²) in [6.07, 6.45) is 4.62. The smallest absolute Gasteiger partial charge is 0.244 e. The first-order chi connectivity index (χ1) is 11.2. The number of nitrogens with one attached hydrogen (secondary N) is 1. The second kappa shape index (κ2) is 9.02. The summed E-state index contributed by atoms with van der Waals surface area (Å²) in [5.41, 5.74) is 1.07.